The van der Waals surface area contributed by atoms with Gasteiger partial charge in [0, 0.05) is 24.8 Å². The number of amides is 1. The van der Waals surface area contributed by atoms with E-state index in [1.165, 1.54) is 11.4 Å². The van der Waals surface area contributed by atoms with Gasteiger partial charge in [0.2, 0.25) is 15.9 Å². The second-order valence-corrected chi connectivity index (χ2v) is 9.61. The first kappa shape index (κ1) is 21.5. The van der Waals surface area contributed by atoms with E-state index in [1.807, 2.05) is 6.92 Å². The zero-order valence-corrected chi connectivity index (χ0v) is 18.4. The third kappa shape index (κ3) is 4.47. The van der Waals surface area contributed by atoms with E-state index in [-0.39, 0.29) is 17.3 Å². The molecule has 2 heterocycles. The van der Waals surface area contributed by atoms with Crippen LogP contribution in [0.25, 0.3) is 0 Å². The molecule has 166 valence electrons. The van der Waals surface area contributed by atoms with Crippen LogP contribution in [0, 0.1) is 12.8 Å². The number of rotatable bonds is 5. The number of methoxy groups -OCH3 is 1. The van der Waals surface area contributed by atoms with Gasteiger partial charge in [0.1, 0.15) is 23.9 Å². The largest absolute Gasteiger partial charge is 0.495 e. The number of fused-ring (bicyclic) bond motifs is 1. The number of benzene rings is 2. The molecule has 0 bridgehead atoms. The average molecular weight is 447 g/mol. The number of piperidine rings is 1. The maximum absolute atomic E-state index is 13.3. The van der Waals surface area contributed by atoms with Crippen molar-refractivity contribution in [2.24, 2.45) is 5.92 Å². The summed E-state index contributed by atoms with van der Waals surface area (Å²) in [5, 5.41) is 2.88. The Morgan fingerprint density at radius 3 is 2.68 bits per heavy atom. The van der Waals surface area contributed by atoms with E-state index >= 15 is 0 Å². The van der Waals surface area contributed by atoms with Gasteiger partial charge in [-0.05, 0) is 49.6 Å². The van der Waals surface area contributed by atoms with E-state index in [0.717, 1.165) is 5.56 Å². The summed E-state index contributed by atoms with van der Waals surface area (Å²) in [6, 6.07) is 10.3. The fourth-order valence-corrected chi connectivity index (χ4v) is 5.63. The minimum Gasteiger partial charge on any atom is -0.495 e. The van der Waals surface area contributed by atoms with Crippen LogP contribution in [0.15, 0.2) is 41.3 Å². The van der Waals surface area contributed by atoms with Crippen molar-refractivity contribution < 1.29 is 27.4 Å². The molecule has 2 aromatic rings. The summed E-state index contributed by atoms with van der Waals surface area (Å²) < 4.78 is 44.3. The van der Waals surface area contributed by atoms with Crippen LogP contribution in [0.1, 0.15) is 18.4 Å². The SMILES string of the molecule is COc1ccc(C)cc1S(=O)(=O)N1CCC[C@@H](C(=O)Nc2ccc3c(c2)OCCO3)C1. The number of carbonyl (C=O) groups excluding carboxylic acids is 1. The van der Waals surface area contributed by atoms with Crippen molar-refractivity contribution in [3.8, 4) is 17.2 Å². The molecule has 0 aliphatic carbocycles. The molecule has 1 amide bonds. The van der Waals surface area contributed by atoms with Crippen LogP contribution in [-0.2, 0) is 14.8 Å². The lowest BCUT2D eigenvalue weighted by Gasteiger charge is -2.31. The van der Waals surface area contributed by atoms with Gasteiger partial charge in [0.15, 0.2) is 11.5 Å². The Labute approximate surface area is 182 Å². The molecule has 2 aliphatic heterocycles. The first-order valence-electron chi connectivity index (χ1n) is 10.2. The van der Waals surface area contributed by atoms with Crippen molar-refractivity contribution in [3.05, 3.63) is 42.0 Å². The van der Waals surface area contributed by atoms with Crippen LogP contribution in [0.4, 0.5) is 5.69 Å². The third-order valence-corrected chi connectivity index (χ3v) is 7.39. The Kier molecular flexibility index (Phi) is 6.06. The van der Waals surface area contributed by atoms with E-state index in [9.17, 15) is 13.2 Å². The van der Waals surface area contributed by atoms with Gasteiger partial charge in [-0.1, -0.05) is 6.07 Å². The van der Waals surface area contributed by atoms with Crippen molar-refractivity contribution in [2.75, 3.05) is 38.7 Å². The van der Waals surface area contributed by atoms with Crippen molar-refractivity contribution in [1.82, 2.24) is 4.31 Å². The van der Waals surface area contributed by atoms with Gasteiger partial charge >= 0.3 is 0 Å². The third-order valence-electron chi connectivity index (χ3n) is 5.50. The number of anilines is 1. The van der Waals surface area contributed by atoms with Crippen molar-refractivity contribution in [2.45, 2.75) is 24.7 Å². The summed E-state index contributed by atoms with van der Waals surface area (Å²) >= 11 is 0. The number of hydrogen-bond acceptors (Lipinski definition) is 6. The lowest BCUT2D eigenvalue weighted by molar-refractivity contribution is -0.120. The van der Waals surface area contributed by atoms with Crippen LogP contribution in [0.5, 0.6) is 17.2 Å². The molecule has 0 spiro atoms. The summed E-state index contributed by atoms with van der Waals surface area (Å²) in [6.45, 7) is 3.28. The highest BCUT2D eigenvalue weighted by Crippen LogP contribution is 2.34. The minimum absolute atomic E-state index is 0.121. The predicted molar refractivity (Wildman–Crippen MR) is 115 cm³/mol. The van der Waals surface area contributed by atoms with Crippen molar-refractivity contribution in [3.63, 3.8) is 0 Å². The fourth-order valence-electron chi connectivity index (χ4n) is 3.86. The molecule has 0 unspecified atom stereocenters. The Hall–Kier alpha value is -2.78. The molecule has 1 N–H and O–H groups in total. The van der Waals surface area contributed by atoms with Crippen LogP contribution < -0.4 is 19.5 Å². The molecule has 2 aliphatic rings. The second kappa shape index (κ2) is 8.76. The maximum atomic E-state index is 13.3. The number of ether oxygens (including phenoxy) is 3. The second-order valence-electron chi connectivity index (χ2n) is 7.70. The number of hydrogen-bond donors (Lipinski definition) is 1. The van der Waals surface area contributed by atoms with Crippen LogP contribution in [0.3, 0.4) is 0 Å². The quantitative estimate of drug-likeness (QED) is 0.759. The smallest absolute Gasteiger partial charge is 0.246 e. The van der Waals surface area contributed by atoms with Crippen LogP contribution >= 0.6 is 0 Å². The maximum Gasteiger partial charge on any atom is 0.246 e. The number of carbonyl (C=O) groups is 1. The van der Waals surface area contributed by atoms with E-state index in [0.29, 0.717) is 55.5 Å². The van der Waals surface area contributed by atoms with Crippen LogP contribution in [-0.4, -0.2) is 52.0 Å². The minimum atomic E-state index is -3.79. The van der Waals surface area contributed by atoms with Gasteiger partial charge < -0.3 is 19.5 Å². The molecule has 0 aromatic heterocycles. The first-order valence-corrected chi connectivity index (χ1v) is 11.7. The van der Waals surface area contributed by atoms with Gasteiger partial charge in [0.05, 0.1) is 13.0 Å². The monoisotopic (exact) mass is 446 g/mol. The van der Waals surface area contributed by atoms with Gasteiger partial charge in [-0.25, -0.2) is 8.42 Å². The lowest BCUT2D eigenvalue weighted by Crippen LogP contribution is -2.43. The highest BCUT2D eigenvalue weighted by molar-refractivity contribution is 7.89. The number of sulfonamides is 1. The Bertz CT molecular complexity index is 1090. The van der Waals surface area contributed by atoms with Crippen LogP contribution in [0.2, 0.25) is 0 Å². The Balaban J connectivity index is 1.49. The molecule has 2 aromatic carbocycles. The molecule has 9 heteroatoms. The zero-order chi connectivity index (χ0) is 22.0. The van der Waals surface area contributed by atoms with Crippen molar-refractivity contribution in [1.29, 1.82) is 0 Å². The molecule has 31 heavy (non-hydrogen) atoms. The fraction of sp³-hybridized carbons (Fsp3) is 0.409. The molecule has 1 saturated heterocycles. The standard InChI is InChI=1S/C22H26N2O6S/c1-15-5-7-19(28-2)21(12-15)31(26,27)24-9-3-4-16(14-24)22(25)23-17-6-8-18-20(13-17)30-11-10-29-18/h5-8,12-13,16H,3-4,9-11,14H2,1-2H3,(H,23,25)/t16-/m1/s1. The molecular formula is C22H26N2O6S. The topological polar surface area (TPSA) is 94.2 Å². The molecule has 1 fully saturated rings. The summed E-state index contributed by atoms with van der Waals surface area (Å²) in [4.78, 5) is 13.0. The number of aryl methyl sites for hydroxylation is 1. The summed E-state index contributed by atoms with van der Waals surface area (Å²) in [7, 11) is -2.34. The first-order chi connectivity index (χ1) is 14.9. The molecule has 8 nitrogen and oxygen atoms in total. The number of nitrogens with one attached hydrogen (secondary N) is 1. The van der Waals surface area contributed by atoms with Crippen molar-refractivity contribution >= 4 is 21.6 Å². The summed E-state index contributed by atoms with van der Waals surface area (Å²) in [6.07, 6.45) is 1.22. The highest BCUT2D eigenvalue weighted by atomic mass is 32.2. The molecule has 1 atom stereocenters. The van der Waals surface area contributed by atoms with Gasteiger partial charge in [0.25, 0.3) is 0 Å². The van der Waals surface area contributed by atoms with Gasteiger partial charge in [-0.2, -0.15) is 4.31 Å². The van der Waals surface area contributed by atoms with Gasteiger partial charge in [-0.3, -0.25) is 4.79 Å². The number of nitrogens with zero attached hydrogens (tertiary/aromatic N) is 1. The Morgan fingerprint density at radius 1 is 1.13 bits per heavy atom. The summed E-state index contributed by atoms with van der Waals surface area (Å²) in [5.41, 5.74) is 1.42. The zero-order valence-electron chi connectivity index (χ0n) is 17.6. The van der Waals surface area contributed by atoms with E-state index in [1.54, 1.807) is 36.4 Å². The normalized spacial score (nSPS) is 19.0. The Morgan fingerprint density at radius 2 is 1.90 bits per heavy atom. The highest BCUT2D eigenvalue weighted by Gasteiger charge is 2.35. The van der Waals surface area contributed by atoms with E-state index in [4.69, 9.17) is 14.2 Å². The van der Waals surface area contributed by atoms with Gasteiger partial charge in [-0.15, -0.1) is 0 Å². The lowest BCUT2D eigenvalue weighted by atomic mass is 9.98. The van der Waals surface area contributed by atoms with E-state index in [2.05, 4.69) is 5.32 Å². The molecular weight excluding hydrogens is 420 g/mol. The molecule has 0 radical (unpaired) electrons. The average Bonchev–Trinajstić information content (AvgIpc) is 2.79. The molecule has 4 rings (SSSR count). The van der Waals surface area contributed by atoms with E-state index < -0.39 is 15.9 Å². The summed E-state index contributed by atoms with van der Waals surface area (Å²) in [5.74, 6) is 0.864. The predicted octanol–water partition coefficient (Wildman–Crippen LogP) is 2.81. The molecule has 0 saturated carbocycles.